The number of halogens is 2. The minimum absolute atomic E-state index is 0. The maximum atomic E-state index is 12.6. The maximum absolute atomic E-state index is 12.6. The molecule has 1 aliphatic rings. The Kier molecular flexibility index (Phi) is 7.95. The van der Waals surface area contributed by atoms with Crippen molar-refractivity contribution in [2.75, 3.05) is 32.0 Å². The van der Waals surface area contributed by atoms with Gasteiger partial charge in [-0.3, -0.25) is 4.79 Å². The van der Waals surface area contributed by atoms with Gasteiger partial charge >= 0.3 is 0 Å². The number of anilines is 1. The summed E-state index contributed by atoms with van der Waals surface area (Å²) in [6.07, 6.45) is 1.71. The van der Waals surface area contributed by atoms with Crippen LogP contribution in [-0.2, 0) is 14.8 Å². The van der Waals surface area contributed by atoms with Crippen LogP contribution in [0.5, 0.6) is 0 Å². The summed E-state index contributed by atoms with van der Waals surface area (Å²) in [6.45, 7) is 3.35. The van der Waals surface area contributed by atoms with E-state index in [0.717, 1.165) is 12.8 Å². The number of benzene rings is 1. The third-order valence-corrected chi connectivity index (χ3v) is 6.22. The third-order valence-electron chi connectivity index (χ3n) is 3.84. The molecule has 1 aliphatic heterocycles. The van der Waals surface area contributed by atoms with Crippen molar-refractivity contribution in [3.05, 3.63) is 23.2 Å². The van der Waals surface area contributed by atoms with Crippen LogP contribution in [0.3, 0.4) is 0 Å². The second-order valence-electron chi connectivity index (χ2n) is 5.70. The van der Waals surface area contributed by atoms with Gasteiger partial charge in [0.2, 0.25) is 15.9 Å². The lowest BCUT2D eigenvalue weighted by molar-refractivity contribution is -0.119. The van der Waals surface area contributed by atoms with E-state index >= 15 is 0 Å². The number of amides is 1. The highest BCUT2D eigenvalue weighted by Gasteiger charge is 2.29. The van der Waals surface area contributed by atoms with Gasteiger partial charge in [0.1, 0.15) is 4.90 Å². The van der Waals surface area contributed by atoms with Crippen molar-refractivity contribution in [1.82, 2.24) is 9.62 Å². The molecule has 0 saturated carbocycles. The minimum atomic E-state index is -3.62. The zero-order valence-corrected chi connectivity index (χ0v) is 16.1. The van der Waals surface area contributed by atoms with Crippen molar-refractivity contribution < 1.29 is 13.2 Å². The highest BCUT2D eigenvalue weighted by molar-refractivity contribution is 7.89. The van der Waals surface area contributed by atoms with Gasteiger partial charge in [-0.05, 0) is 38.1 Å². The summed E-state index contributed by atoms with van der Waals surface area (Å²) in [5, 5.41) is 5.83. The summed E-state index contributed by atoms with van der Waals surface area (Å²) in [5.74, 6) is -0.402. The molecule has 1 aromatic carbocycles. The van der Waals surface area contributed by atoms with Gasteiger partial charge in [0.25, 0.3) is 0 Å². The Bertz CT molecular complexity index is 677. The summed E-state index contributed by atoms with van der Waals surface area (Å²) in [7, 11) is -1.85. The number of rotatable bonds is 6. The second-order valence-corrected chi connectivity index (χ2v) is 8.02. The first-order valence-corrected chi connectivity index (χ1v) is 9.43. The van der Waals surface area contributed by atoms with Crippen LogP contribution in [0.25, 0.3) is 0 Å². The van der Waals surface area contributed by atoms with Crippen molar-refractivity contribution in [2.24, 2.45) is 5.92 Å². The molecule has 1 atom stereocenters. The lowest BCUT2D eigenvalue weighted by atomic mass is 10.1. The molecule has 6 nitrogen and oxygen atoms in total. The van der Waals surface area contributed by atoms with Gasteiger partial charge in [-0.15, -0.1) is 12.4 Å². The van der Waals surface area contributed by atoms with Crippen molar-refractivity contribution in [1.29, 1.82) is 0 Å². The monoisotopic (exact) mass is 395 g/mol. The molecular weight excluding hydrogens is 373 g/mol. The fourth-order valence-corrected chi connectivity index (χ4v) is 4.53. The van der Waals surface area contributed by atoms with E-state index in [1.165, 1.54) is 16.4 Å². The molecule has 9 heteroatoms. The zero-order valence-electron chi connectivity index (χ0n) is 13.7. The zero-order chi connectivity index (χ0) is 17.0. The number of hydrogen-bond donors (Lipinski definition) is 2. The second kappa shape index (κ2) is 9.01. The number of hydrogen-bond acceptors (Lipinski definition) is 4. The molecule has 2 rings (SSSR count). The molecule has 1 unspecified atom stereocenters. The average Bonchev–Trinajstić information content (AvgIpc) is 3.04. The van der Waals surface area contributed by atoms with Gasteiger partial charge in [0, 0.05) is 31.2 Å². The molecule has 24 heavy (non-hydrogen) atoms. The number of nitrogens with zero attached hydrogens (tertiary/aromatic N) is 1. The third kappa shape index (κ3) is 4.83. The SMILES string of the molecule is CNCC(C)C(=O)Nc1ccc(Cl)c(S(=O)(=O)N2CCCC2)c1.Cl. The number of carbonyl (C=O) groups excluding carboxylic acids is 1. The lowest BCUT2D eigenvalue weighted by Crippen LogP contribution is -2.29. The van der Waals surface area contributed by atoms with E-state index in [4.69, 9.17) is 11.6 Å². The van der Waals surface area contributed by atoms with E-state index in [-0.39, 0.29) is 34.2 Å². The predicted molar refractivity (Wildman–Crippen MR) is 98.4 cm³/mol. The standard InChI is InChI=1S/C15H22ClN3O3S.ClH/c1-11(10-17-2)15(20)18-12-5-6-13(16)14(9-12)23(21,22)19-7-3-4-8-19;/h5-6,9,11,17H,3-4,7-8,10H2,1-2H3,(H,18,20);1H. The van der Waals surface area contributed by atoms with Crippen molar-refractivity contribution in [2.45, 2.75) is 24.7 Å². The van der Waals surface area contributed by atoms with Gasteiger partial charge in [-0.25, -0.2) is 8.42 Å². The molecule has 1 amide bonds. The molecule has 1 aromatic rings. The normalized spacial score (nSPS) is 16.5. The molecule has 0 spiro atoms. The van der Waals surface area contributed by atoms with Crippen LogP contribution >= 0.6 is 24.0 Å². The first-order valence-electron chi connectivity index (χ1n) is 7.61. The highest BCUT2D eigenvalue weighted by atomic mass is 35.5. The molecule has 2 N–H and O–H groups in total. The molecule has 1 saturated heterocycles. The van der Waals surface area contributed by atoms with Crippen LogP contribution in [0.1, 0.15) is 19.8 Å². The fourth-order valence-electron chi connectivity index (χ4n) is 2.51. The lowest BCUT2D eigenvalue weighted by Gasteiger charge is -2.18. The van der Waals surface area contributed by atoms with Crippen LogP contribution in [0.4, 0.5) is 5.69 Å². The summed E-state index contributed by atoms with van der Waals surface area (Å²) < 4.78 is 26.7. The van der Waals surface area contributed by atoms with Gasteiger partial charge in [-0.1, -0.05) is 18.5 Å². The van der Waals surface area contributed by atoms with E-state index in [1.54, 1.807) is 20.0 Å². The Morgan fingerprint density at radius 1 is 1.33 bits per heavy atom. The molecule has 1 fully saturated rings. The van der Waals surface area contributed by atoms with Gasteiger partial charge in [0.15, 0.2) is 0 Å². The molecule has 0 bridgehead atoms. The van der Waals surface area contributed by atoms with Crippen molar-refractivity contribution >= 4 is 45.6 Å². The van der Waals surface area contributed by atoms with Crippen LogP contribution in [0, 0.1) is 5.92 Å². The van der Waals surface area contributed by atoms with Crippen molar-refractivity contribution in [3.8, 4) is 0 Å². The fraction of sp³-hybridized carbons (Fsp3) is 0.533. The maximum Gasteiger partial charge on any atom is 0.244 e. The first-order chi connectivity index (χ1) is 10.9. The molecular formula is C15H23Cl2N3O3S. The smallest absolute Gasteiger partial charge is 0.244 e. The highest BCUT2D eigenvalue weighted by Crippen LogP contribution is 2.29. The molecule has 0 radical (unpaired) electrons. The molecule has 136 valence electrons. The first kappa shape index (κ1) is 21.2. The van der Waals surface area contributed by atoms with Crippen molar-refractivity contribution in [3.63, 3.8) is 0 Å². The number of nitrogens with one attached hydrogen (secondary N) is 2. The van der Waals surface area contributed by atoms with Gasteiger partial charge < -0.3 is 10.6 Å². The predicted octanol–water partition coefficient (Wildman–Crippen LogP) is 2.34. The van der Waals surface area contributed by atoms with Crippen LogP contribution in [0.15, 0.2) is 23.1 Å². The van der Waals surface area contributed by atoms with Crippen LogP contribution in [-0.4, -0.2) is 45.3 Å². The largest absolute Gasteiger partial charge is 0.326 e. The topological polar surface area (TPSA) is 78.5 Å². The Balaban J connectivity index is 0.00000288. The summed E-state index contributed by atoms with van der Waals surface area (Å²) in [5.41, 5.74) is 0.431. The number of sulfonamides is 1. The van der Waals surface area contributed by atoms with E-state index in [1.807, 2.05) is 0 Å². The summed E-state index contributed by atoms with van der Waals surface area (Å²) >= 11 is 6.08. The van der Waals surface area contributed by atoms with E-state index < -0.39 is 10.0 Å². The average molecular weight is 396 g/mol. The van der Waals surface area contributed by atoms with E-state index in [0.29, 0.717) is 25.3 Å². The quantitative estimate of drug-likeness (QED) is 0.774. The van der Waals surface area contributed by atoms with Crippen LogP contribution in [0.2, 0.25) is 5.02 Å². The number of carbonyl (C=O) groups is 1. The Hall–Kier alpha value is -0.860. The summed E-state index contributed by atoms with van der Waals surface area (Å²) in [4.78, 5) is 12.1. The Morgan fingerprint density at radius 3 is 2.54 bits per heavy atom. The molecule has 0 aromatic heterocycles. The Labute approximate surface area is 154 Å². The van der Waals surface area contributed by atoms with Crippen LogP contribution < -0.4 is 10.6 Å². The Morgan fingerprint density at radius 2 is 1.96 bits per heavy atom. The molecule has 1 heterocycles. The van der Waals surface area contributed by atoms with E-state index in [9.17, 15) is 13.2 Å². The molecule has 0 aliphatic carbocycles. The van der Waals surface area contributed by atoms with E-state index in [2.05, 4.69) is 10.6 Å². The minimum Gasteiger partial charge on any atom is -0.326 e. The van der Waals surface area contributed by atoms with Gasteiger partial charge in [-0.2, -0.15) is 4.31 Å². The van der Waals surface area contributed by atoms with Gasteiger partial charge in [0.05, 0.1) is 5.02 Å². The summed E-state index contributed by atoms with van der Waals surface area (Å²) in [6, 6.07) is 4.54.